The molecule has 0 spiro atoms. The molecule has 30 heavy (non-hydrogen) atoms. The second kappa shape index (κ2) is 9.16. The third-order valence-corrected chi connectivity index (χ3v) is 6.89. The first-order valence-electron chi connectivity index (χ1n) is 10.4. The zero-order chi connectivity index (χ0) is 21.9. The number of benzene rings is 2. The van der Waals surface area contributed by atoms with Crippen molar-refractivity contribution in [2.45, 2.75) is 58.0 Å². The van der Waals surface area contributed by atoms with Crippen LogP contribution in [0.5, 0.6) is 0 Å². The van der Waals surface area contributed by atoms with Crippen molar-refractivity contribution in [3.05, 3.63) is 65.0 Å². The smallest absolute Gasteiger partial charge is 0.244 e. The maximum absolute atomic E-state index is 13.7. The Morgan fingerprint density at radius 2 is 1.83 bits per heavy atom. The number of hydrogen-bond acceptors (Lipinski definition) is 3. The van der Waals surface area contributed by atoms with Crippen LogP contribution < -0.4 is 9.62 Å². The van der Waals surface area contributed by atoms with Crippen LogP contribution in [0.2, 0.25) is 0 Å². The van der Waals surface area contributed by atoms with E-state index in [1.54, 1.807) is 0 Å². The molecule has 2 aromatic rings. The van der Waals surface area contributed by atoms with Crippen molar-refractivity contribution >= 4 is 21.6 Å². The van der Waals surface area contributed by atoms with Crippen LogP contribution in [0.15, 0.2) is 42.5 Å². The average Bonchev–Trinajstić information content (AvgIpc) is 2.70. The number of nitrogens with zero attached hydrogens (tertiary/aromatic N) is 1. The first kappa shape index (κ1) is 22.3. The maximum atomic E-state index is 13.7. The molecule has 0 heterocycles. The largest absolute Gasteiger partial charge is 0.347 e. The van der Waals surface area contributed by atoms with E-state index in [1.165, 1.54) is 49.1 Å². The van der Waals surface area contributed by atoms with Gasteiger partial charge in [-0.1, -0.05) is 31.2 Å². The van der Waals surface area contributed by atoms with Gasteiger partial charge in [0.05, 0.1) is 18.0 Å². The number of rotatable bonds is 7. The zero-order valence-corrected chi connectivity index (χ0v) is 18.5. The number of anilines is 1. The van der Waals surface area contributed by atoms with Crippen LogP contribution in [0, 0.1) is 5.82 Å². The van der Waals surface area contributed by atoms with Gasteiger partial charge in [0.25, 0.3) is 0 Å². The van der Waals surface area contributed by atoms with E-state index < -0.39 is 27.8 Å². The van der Waals surface area contributed by atoms with Gasteiger partial charge in [0.15, 0.2) is 0 Å². The van der Waals surface area contributed by atoms with Crippen LogP contribution in [0.25, 0.3) is 0 Å². The molecular weight excluding hydrogens is 403 g/mol. The number of sulfonamides is 1. The number of fused-ring (bicyclic) bond motifs is 1. The highest BCUT2D eigenvalue weighted by Gasteiger charge is 2.30. The number of nitrogens with one attached hydrogen (secondary N) is 1. The van der Waals surface area contributed by atoms with Gasteiger partial charge in [0.1, 0.15) is 11.9 Å². The van der Waals surface area contributed by atoms with E-state index in [0.29, 0.717) is 6.42 Å². The van der Waals surface area contributed by atoms with E-state index in [-0.39, 0.29) is 11.7 Å². The number of hydrogen-bond donors (Lipinski definition) is 1. The lowest BCUT2D eigenvalue weighted by atomic mass is 9.88. The van der Waals surface area contributed by atoms with Gasteiger partial charge in [-0.15, -0.1) is 0 Å². The summed E-state index contributed by atoms with van der Waals surface area (Å²) in [5, 5.41) is 2.99. The van der Waals surface area contributed by atoms with Gasteiger partial charge < -0.3 is 5.32 Å². The van der Waals surface area contributed by atoms with E-state index in [2.05, 4.69) is 17.4 Å². The van der Waals surface area contributed by atoms with E-state index in [4.69, 9.17) is 0 Å². The van der Waals surface area contributed by atoms with E-state index in [1.807, 2.05) is 13.0 Å². The summed E-state index contributed by atoms with van der Waals surface area (Å²) in [6, 6.07) is 10.4. The second-order valence-electron chi connectivity index (χ2n) is 7.92. The summed E-state index contributed by atoms with van der Waals surface area (Å²) in [4.78, 5) is 13.0. The van der Waals surface area contributed by atoms with E-state index in [0.717, 1.165) is 35.0 Å². The fourth-order valence-corrected chi connectivity index (χ4v) is 5.27. The topological polar surface area (TPSA) is 66.5 Å². The van der Waals surface area contributed by atoms with Crippen molar-refractivity contribution in [1.82, 2.24) is 5.32 Å². The summed E-state index contributed by atoms with van der Waals surface area (Å²) in [5.74, 6) is -0.983. The van der Waals surface area contributed by atoms with Crippen LogP contribution in [0.3, 0.4) is 0 Å². The van der Waals surface area contributed by atoms with Gasteiger partial charge in [-0.2, -0.15) is 0 Å². The van der Waals surface area contributed by atoms with Crippen molar-refractivity contribution < 1.29 is 17.6 Å². The molecule has 0 bridgehead atoms. The van der Waals surface area contributed by atoms with Gasteiger partial charge >= 0.3 is 0 Å². The molecule has 5 nitrogen and oxygen atoms in total. The fourth-order valence-electron chi connectivity index (χ4n) is 4.11. The van der Waals surface area contributed by atoms with Crippen LogP contribution >= 0.6 is 0 Å². The molecule has 0 fully saturated rings. The molecule has 0 unspecified atom stereocenters. The lowest BCUT2D eigenvalue weighted by molar-refractivity contribution is -0.122. The van der Waals surface area contributed by atoms with Crippen molar-refractivity contribution in [2.24, 2.45) is 0 Å². The fraction of sp³-hybridized carbons (Fsp3) is 0.435. The average molecular weight is 433 g/mol. The molecule has 2 atom stereocenters. The maximum Gasteiger partial charge on any atom is 0.244 e. The Morgan fingerprint density at radius 1 is 1.13 bits per heavy atom. The van der Waals surface area contributed by atoms with Gasteiger partial charge in [0, 0.05) is 0 Å². The molecule has 0 radical (unpaired) electrons. The van der Waals surface area contributed by atoms with E-state index in [9.17, 15) is 17.6 Å². The Balaban J connectivity index is 1.83. The summed E-state index contributed by atoms with van der Waals surface area (Å²) in [7, 11) is -3.79. The number of amides is 1. The summed E-state index contributed by atoms with van der Waals surface area (Å²) in [5.41, 5.74) is 3.85. The highest BCUT2D eigenvalue weighted by Crippen LogP contribution is 2.27. The predicted molar refractivity (Wildman–Crippen MR) is 117 cm³/mol. The highest BCUT2D eigenvalue weighted by atomic mass is 32.2. The molecule has 0 aromatic heterocycles. The second-order valence-corrected chi connectivity index (χ2v) is 9.78. The Kier molecular flexibility index (Phi) is 6.81. The van der Waals surface area contributed by atoms with Crippen LogP contribution in [0.1, 0.15) is 55.8 Å². The Hall–Kier alpha value is -2.41. The summed E-state index contributed by atoms with van der Waals surface area (Å²) < 4.78 is 39.4. The Bertz CT molecular complexity index is 1020. The minimum atomic E-state index is -3.79. The molecule has 3 rings (SSSR count). The van der Waals surface area contributed by atoms with Gasteiger partial charge in [-0.05, 0) is 73.9 Å². The van der Waals surface area contributed by atoms with Crippen LogP contribution in [-0.4, -0.2) is 26.6 Å². The molecule has 1 aliphatic carbocycles. The lowest BCUT2D eigenvalue weighted by Gasteiger charge is -2.30. The Labute approximate surface area is 178 Å². The lowest BCUT2D eigenvalue weighted by Crippen LogP contribution is -2.48. The molecule has 0 saturated carbocycles. The molecular formula is C23H29FN2O3S. The van der Waals surface area contributed by atoms with Crippen molar-refractivity contribution in [2.75, 3.05) is 10.6 Å². The third kappa shape index (κ3) is 5.01. The molecule has 7 heteroatoms. The zero-order valence-electron chi connectivity index (χ0n) is 17.7. The van der Waals surface area contributed by atoms with Crippen LogP contribution in [0.4, 0.5) is 10.1 Å². The van der Waals surface area contributed by atoms with Gasteiger partial charge in [0.2, 0.25) is 15.9 Å². The van der Waals surface area contributed by atoms with Crippen molar-refractivity contribution in [3.63, 3.8) is 0 Å². The molecule has 1 aliphatic rings. The SMILES string of the molecule is CC[C@@H](NC(=O)[C@H](C)N(c1cccc(F)c1)S(C)(=O)=O)c1ccc2c(c1)CCCC2. The van der Waals surface area contributed by atoms with Gasteiger partial charge in [-0.25, -0.2) is 12.8 Å². The number of carbonyl (C=O) groups excluding carboxylic acids is 1. The summed E-state index contributed by atoms with van der Waals surface area (Å²) >= 11 is 0. The number of aryl methyl sites for hydroxylation is 2. The molecule has 1 N–H and O–H groups in total. The Morgan fingerprint density at radius 3 is 2.47 bits per heavy atom. The van der Waals surface area contributed by atoms with Crippen LogP contribution in [-0.2, 0) is 27.7 Å². The molecule has 162 valence electrons. The minimum Gasteiger partial charge on any atom is -0.347 e. The summed E-state index contributed by atoms with van der Waals surface area (Å²) in [6.07, 6.45) is 6.21. The minimum absolute atomic E-state index is 0.127. The molecule has 0 aliphatic heterocycles. The quantitative estimate of drug-likeness (QED) is 0.716. The standard InChI is InChI=1S/C23H29FN2O3S/c1-4-22(19-13-12-17-8-5-6-9-18(17)14-19)25-23(27)16(2)26(30(3,28)29)21-11-7-10-20(24)15-21/h7,10-16,22H,4-6,8-9H2,1-3H3,(H,25,27)/t16-,22+/m0/s1. The van der Waals surface area contributed by atoms with Gasteiger partial charge in [-0.3, -0.25) is 9.10 Å². The first-order valence-corrected chi connectivity index (χ1v) is 12.2. The first-order chi connectivity index (χ1) is 14.2. The number of halogens is 1. The summed E-state index contributed by atoms with van der Waals surface area (Å²) in [6.45, 7) is 3.50. The predicted octanol–water partition coefficient (Wildman–Crippen LogP) is 4.13. The molecule has 1 amide bonds. The monoisotopic (exact) mass is 432 g/mol. The van der Waals surface area contributed by atoms with Crippen molar-refractivity contribution in [3.8, 4) is 0 Å². The van der Waals surface area contributed by atoms with Crippen molar-refractivity contribution in [1.29, 1.82) is 0 Å². The third-order valence-electron chi connectivity index (χ3n) is 5.65. The van der Waals surface area contributed by atoms with E-state index >= 15 is 0 Å². The molecule has 0 saturated heterocycles. The normalized spacial score (nSPS) is 15.7. The number of carbonyl (C=O) groups is 1. The highest BCUT2D eigenvalue weighted by molar-refractivity contribution is 7.92. The molecule has 2 aromatic carbocycles.